The predicted octanol–water partition coefficient (Wildman–Crippen LogP) is 5.91. The molecule has 126 valence electrons. The Balaban J connectivity index is 1.50. The van der Waals surface area contributed by atoms with Gasteiger partial charge in [-0.15, -0.1) is 0 Å². The maximum Gasteiger partial charge on any atom is 0.236 e. The van der Waals surface area contributed by atoms with Gasteiger partial charge in [0.15, 0.2) is 0 Å². The summed E-state index contributed by atoms with van der Waals surface area (Å²) in [5, 5.41) is 3.31. The second-order valence-electron chi connectivity index (χ2n) is 6.75. The van der Waals surface area contributed by atoms with Crippen molar-refractivity contribution in [1.82, 2.24) is 0 Å². The maximum atomic E-state index is 6.66. The highest BCUT2D eigenvalue weighted by atomic mass is 32.2. The first-order valence-corrected chi connectivity index (χ1v) is 10.5. The van der Waals surface area contributed by atoms with E-state index in [4.69, 9.17) is 9.73 Å². The van der Waals surface area contributed by atoms with Gasteiger partial charge in [0.05, 0.1) is 0 Å². The molecule has 4 heteroatoms. The van der Waals surface area contributed by atoms with Crippen LogP contribution < -0.4 is 0 Å². The smallest absolute Gasteiger partial charge is 0.236 e. The first-order chi connectivity index (χ1) is 12.3. The second kappa shape index (κ2) is 5.96. The van der Waals surface area contributed by atoms with Crippen LogP contribution in [0.2, 0.25) is 0 Å². The van der Waals surface area contributed by atoms with E-state index in [0.717, 1.165) is 29.2 Å². The highest BCUT2D eigenvalue weighted by Crippen LogP contribution is 2.64. The molecular formula is C21H19NOS2. The van der Waals surface area contributed by atoms with Crippen molar-refractivity contribution in [3.05, 3.63) is 77.2 Å². The van der Waals surface area contributed by atoms with Crippen LogP contribution in [0.15, 0.2) is 71.1 Å². The van der Waals surface area contributed by atoms with Gasteiger partial charge in [0.25, 0.3) is 0 Å². The van der Waals surface area contributed by atoms with Gasteiger partial charge in [-0.1, -0.05) is 85.3 Å². The minimum Gasteiger partial charge on any atom is -0.463 e. The van der Waals surface area contributed by atoms with Crippen molar-refractivity contribution in [2.75, 3.05) is 0 Å². The predicted molar refractivity (Wildman–Crippen MR) is 108 cm³/mol. The quantitative estimate of drug-likeness (QED) is 0.660. The molecule has 2 spiro atoms. The van der Waals surface area contributed by atoms with Crippen LogP contribution >= 0.6 is 23.5 Å². The third kappa shape index (κ3) is 2.46. The zero-order valence-corrected chi connectivity index (χ0v) is 15.5. The van der Waals surface area contributed by atoms with Gasteiger partial charge < -0.3 is 4.74 Å². The summed E-state index contributed by atoms with van der Waals surface area (Å²) in [4.78, 5) is 5.25. The van der Waals surface area contributed by atoms with Gasteiger partial charge in [0.2, 0.25) is 4.27 Å². The molecule has 0 radical (unpaired) electrons. The summed E-state index contributed by atoms with van der Waals surface area (Å²) >= 11 is 3.62. The Bertz CT molecular complexity index is 837. The first-order valence-electron chi connectivity index (χ1n) is 8.77. The second-order valence-corrected chi connectivity index (χ2v) is 9.22. The highest BCUT2D eigenvalue weighted by Gasteiger charge is 2.62. The summed E-state index contributed by atoms with van der Waals surface area (Å²) in [6, 6.07) is 20.9. The molecule has 1 atom stereocenters. The standard InChI is InChI=1S/C21H19NOS2/c1-3-9-16(10-4-1)18-15-24-21(23-18)20(13-7-8-14-20)22-19(25-21)17-11-5-2-6-12-17/h1-6,9-12,15H,7-8,13-14H2. The van der Waals surface area contributed by atoms with E-state index in [-0.39, 0.29) is 9.80 Å². The molecule has 0 N–H and O–H groups in total. The van der Waals surface area contributed by atoms with Crippen molar-refractivity contribution in [1.29, 1.82) is 0 Å². The fraction of sp³-hybridized carbons (Fsp3) is 0.286. The minimum absolute atomic E-state index is 0.111. The lowest BCUT2D eigenvalue weighted by Gasteiger charge is -2.36. The van der Waals surface area contributed by atoms with Crippen molar-refractivity contribution < 1.29 is 4.74 Å². The summed E-state index contributed by atoms with van der Waals surface area (Å²) in [6.07, 6.45) is 4.69. The van der Waals surface area contributed by atoms with Crippen LogP contribution in [0, 0.1) is 0 Å². The Hall–Kier alpha value is -1.65. The molecule has 1 fully saturated rings. The zero-order valence-electron chi connectivity index (χ0n) is 13.9. The molecule has 0 aromatic heterocycles. The van der Waals surface area contributed by atoms with Crippen molar-refractivity contribution in [2.24, 2.45) is 4.99 Å². The number of thioether (sulfide) groups is 2. The summed E-state index contributed by atoms with van der Waals surface area (Å²) in [5.74, 6) is 0.980. The van der Waals surface area contributed by atoms with Crippen LogP contribution in [-0.2, 0) is 4.74 Å². The number of hydrogen-bond acceptors (Lipinski definition) is 4. The van der Waals surface area contributed by atoms with E-state index in [2.05, 4.69) is 60.0 Å². The number of rotatable bonds is 2. The lowest BCUT2D eigenvalue weighted by atomic mass is 9.99. The van der Waals surface area contributed by atoms with Crippen LogP contribution in [0.3, 0.4) is 0 Å². The largest absolute Gasteiger partial charge is 0.463 e. The average Bonchev–Trinajstić information content (AvgIpc) is 3.39. The van der Waals surface area contributed by atoms with Gasteiger partial charge in [-0.2, -0.15) is 0 Å². The van der Waals surface area contributed by atoms with Gasteiger partial charge >= 0.3 is 0 Å². The summed E-state index contributed by atoms with van der Waals surface area (Å²) in [5.41, 5.74) is 2.24. The van der Waals surface area contributed by atoms with Crippen molar-refractivity contribution in [2.45, 2.75) is 35.5 Å². The van der Waals surface area contributed by atoms with Crippen LogP contribution in [0.4, 0.5) is 0 Å². The third-order valence-electron chi connectivity index (χ3n) is 5.19. The molecular weight excluding hydrogens is 346 g/mol. The summed E-state index contributed by atoms with van der Waals surface area (Å²) < 4.78 is 6.31. The van der Waals surface area contributed by atoms with Crippen LogP contribution in [0.1, 0.15) is 36.8 Å². The molecule has 0 bridgehead atoms. The van der Waals surface area contributed by atoms with E-state index in [1.165, 1.54) is 18.4 Å². The van der Waals surface area contributed by atoms with E-state index in [1.807, 2.05) is 17.8 Å². The lowest BCUT2D eigenvalue weighted by molar-refractivity contribution is 0.142. The molecule has 2 aliphatic heterocycles. The van der Waals surface area contributed by atoms with E-state index < -0.39 is 0 Å². The van der Waals surface area contributed by atoms with Crippen molar-refractivity contribution in [3.63, 3.8) is 0 Å². The number of hydrogen-bond donors (Lipinski definition) is 0. The van der Waals surface area contributed by atoms with Gasteiger partial charge in [-0.05, 0) is 24.6 Å². The summed E-state index contributed by atoms with van der Waals surface area (Å²) in [7, 11) is 0. The average molecular weight is 366 g/mol. The number of aliphatic imine (C=N–C) groups is 1. The Morgan fingerprint density at radius 2 is 1.48 bits per heavy atom. The number of ether oxygens (including phenoxy) is 1. The van der Waals surface area contributed by atoms with E-state index in [1.54, 1.807) is 11.8 Å². The van der Waals surface area contributed by atoms with Crippen molar-refractivity contribution in [3.8, 4) is 0 Å². The number of nitrogens with zero attached hydrogens (tertiary/aromatic N) is 1. The SMILES string of the molecule is C1=C(c2ccccc2)OC2(S1)SC(c1ccccc1)=NC21CCCC1. The highest BCUT2D eigenvalue weighted by molar-refractivity contribution is 8.27. The van der Waals surface area contributed by atoms with Gasteiger partial charge in [-0.3, -0.25) is 4.99 Å². The molecule has 25 heavy (non-hydrogen) atoms. The first kappa shape index (κ1) is 15.6. The molecule has 0 amide bonds. The van der Waals surface area contributed by atoms with Crippen LogP contribution in [-0.4, -0.2) is 14.8 Å². The molecule has 2 nitrogen and oxygen atoms in total. The summed E-state index contributed by atoms with van der Waals surface area (Å²) in [6.45, 7) is 0. The van der Waals surface area contributed by atoms with E-state index in [0.29, 0.717) is 0 Å². The van der Waals surface area contributed by atoms with Gasteiger partial charge in [0.1, 0.15) is 16.3 Å². The zero-order chi connectivity index (χ0) is 16.7. The molecule has 3 aliphatic rings. The Kier molecular flexibility index (Phi) is 3.72. The molecule has 2 aromatic rings. The molecule has 1 unspecified atom stereocenters. The molecule has 2 aromatic carbocycles. The van der Waals surface area contributed by atoms with Crippen molar-refractivity contribution >= 4 is 34.3 Å². The van der Waals surface area contributed by atoms with Gasteiger partial charge in [-0.25, -0.2) is 0 Å². The monoisotopic (exact) mass is 365 g/mol. The lowest BCUT2D eigenvalue weighted by Crippen LogP contribution is -2.43. The topological polar surface area (TPSA) is 21.6 Å². The van der Waals surface area contributed by atoms with Crippen LogP contribution in [0.25, 0.3) is 5.76 Å². The Labute approximate surface area is 156 Å². The fourth-order valence-corrected chi connectivity index (χ4v) is 6.82. The molecule has 0 saturated heterocycles. The third-order valence-corrected chi connectivity index (χ3v) is 8.09. The van der Waals surface area contributed by atoms with E-state index >= 15 is 0 Å². The Morgan fingerprint density at radius 1 is 0.840 bits per heavy atom. The van der Waals surface area contributed by atoms with Gasteiger partial charge in [0, 0.05) is 16.5 Å². The molecule has 2 heterocycles. The number of benzene rings is 2. The molecule has 5 rings (SSSR count). The Morgan fingerprint density at radius 3 is 2.16 bits per heavy atom. The number of fused-ring (bicyclic) bond motifs is 1. The minimum atomic E-state index is -0.347. The van der Waals surface area contributed by atoms with E-state index in [9.17, 15) is 0 Å². The molecule has 1 aliphatic carbocycles. The normalized spacial score (nSPS) is 26.7. The molecule has 1 saturated carbocycles. The van der Waals surface area contributed by atoms with Crippen LogP contribution in [0.5, 0.6) is 0 Å². The maximum absolute atomic E-state index is 6.66. The fourth-order valence-electron chi connectivity index (χ4n) is 3.89.